The smallest absolute Gasteiger partial charge is 0.333 e. The van der Waals surface area contributed by atoms with Crippen LogP contribution in [0.2, 0.25) is 0 Å². The Hall–Kier alpha value is -3.81. The highest BCUT2D eigenvalue weighted by Gasteiger charge is 2.22. The van der Waals surface area contributed by atoms with Crippen molar-refractivity contribution >= 4 is 33.7 Å². The predicted octanol–water partition coefficient (Wildman–Crippen LogP) is 3.20. The van der Waals surface area contributed by atoms with E-state index in [4.69, 9.17) is 4.74 Å². The number of aliphatic imine (C=N–C) groups is 1. The SMILES string of the molecule is COc1cc2ncc3c(c2cc1C1=CCN=C1)n(-c1c(C)cncc1F)c(=O)n3C. The molecule has 0 radical (unpaired) electrons. The molecule has 0 spiro atoms. The van der Waals surface area contributed by atoms with Gasteiger partial charge in [0.1, 0.15) is 5.75 Å². The van der Waals surface area contributed by atoms with Crippen LogP contribution in [0.15, 0.2) is 46.6 Å². The van der Waals surface area contributed by atoms with E-state index in [0.717, 1.165) is 22.7 Å². The van der Waals surface area contributed by atoms with Gasteiger partial charge in [0.05, 0.1) is 48.3 Å². The van der Waals surface area contributed by atoms with Gasteiger partial charge in [-0.05, 0) is 18.6 Å². The predicted molar refractivity (Wildman–Crippen MR) is 114 cm³/mol. The zero-order valence-corrected chi connectivity index (χ0v) is 16.7. The number of fused-ring (bicyclic) bond motifs is 3. The van der Waals surface area contributed by atoms with Crippen LogP contribution in [0.3, 0.4) is 0 Å². The molecule has 4 heterocycles. The minimum absolute atomic E-state index is 0.187. The maximum Gasteiger partial charge on any atom is 0.333 e. The van der Waals surface area contributed by atoms with Crippen molar-refractivity contribution in [2.24, 2.45) is 12.0 Å². The van der Waals surface area contributed by atoms with E-state index in [1.54, 1.807) is 39.7 Å². The quantitative estimate of drug-likeness (QED) is 0.527. The zero-order valence-electron chi connectivity index (χ0n) is 16.7. The molecule has 0 saturated carbocycles. The van der Waals surface area contributed by atoms with Gasteiger partial charge in [0.15, 0.2) is 5.82 Å². The normalized spacial score (nSPS) is 13.4. The second-order valence-corrected chi connectivity index (χ2v) is 7.18. The summed E-state index contributed by atoms with van der Waals surface area (Å²) in [6.07, 6.45) is 8.08. The molecule has 0 unspecified atom stereocenters. The molecular weight excluding hydrogens is 385 g/mol. The van der Waals surface area contributed by atoms with Gasteiger partial charge in [-0.1, -0.05) is 6.08 Å². The maximum absolute atomic E-state index is 14.8. The molecule has 7 nitrogen and oxygen atoms in total. The van der Waals surface area contributed by atoms with E-state index in [0.29, 0.717) is 34.4 Å². The Morgan fingerprint density at radius 2 is 2.03 bits per heavy atom. The summed E-state index contributed by atoms with van der Waals surface area (Å²) in [4.78, 5) is 25.8. The molecule has 0 amide bonds. The summed E-state index contributed by atoms with van der Waals surface area (Å²) in [5, 5.41) is 0.720. The van der Waals surface area contributed by atoms with Gasteiger partial charge in [-0.15, -0.1) is 0 Å². The Morgan fingerprint density at radius 1 is 1.20 bits per heavy atom. The molecule has 3 aromatic heterocycles. The van der Waals surface area contributed by atoms with Crippen LogP contribution in [-0.2, 0) is 7.05 Å². The van der Waals surface area contributed by atoms with Crippen LogP contribution >= 0.6 is 0 Å². The number of halogens is 1. The van der Waals surface area contributed by atoms with Gasteiger partial charge < -0.3 is 4.74 Å². The zero-order chi connectivity index (χ0) is 21.0. The van der Waals surface area contributed by atoms with Gasteiger partial charge in [-0.25, -0.2) is 9.18 Å². The maximum atomic E-state index is 14.8. The molecular formula is C22H18FN5O2. The van der Waals surface area contributed by atoms with Gasteiger partial charge in [0.2, 0.25) is 0 Å². The van der Waals surface area contributed by atoms with E-state index in [2.05, 4.69) is 15.0 Å². The van der Waals surface area contributed by atoms with E-state index >= 15 is 0 Å². The number of aryl methyl sites for hydroxylation is 2. The number of methoxy groups -OCH3 is 1. The van der Waals surface area contributed by atoms with Crippen molar-refractivity contribution in [2.45, 2.75) is 6.92 Å². The Kier molecular flexibility index (Phi) is 4.02. The summed E-state index contributed by atoms with van der Waals surface area (Å²) < 4.78 is 23.3. The second kappa shape index (κ2) is 6.62. The van der Waals surface area contributed by atoms with Crippen LogP contribution in [0.1, 0.15) is 11.1 Å². The number of imidazole rings is 1. The van der Waals surface area contributed by atoms with E-state index in [9.17, 15) is 9.18 Å². The van der Waals surface area contributed by atoms with Crippen LogP contribution in [0.5, 0.6) is 5.75 Å². The molecule has 8 heteroatoms. The average molecular weight is 403 g/mol. The lowest BCUT2D eigenvalue weighted by Crippen LogP contribution is -2.22. The largest absolute Gasteiger partial charge is 0.496 e. The first-order valence-corrected chi connectivity index (χ1v) is 9.40. The van der Waals surface area contributed by atoms with Gasteiger partial charge >= 0.3 is 5.69 Å². The fraction of sp³-hybridized carbons (Fsp3) is 0.182. The van der Waals surface area contributed by atoms with Crippen molar-refractivity contribution in [1.29, 1.82) is 0 Å². The number of pyridine rings is 2. The molecule has 0 atom stereocenters. The van der Waals surface area contributed by atoms with Gasteiger partial charge in [0.25, 0.3) is 0 Å². The van der Waals surface area contributed by atoms with Crippen LogP contribution in [0.25, 0.3) is 33.2 Å². The fourth-order valence-electron chi connectivity index (χ4n) is 3.97. The highest BCUT2D eigenvalue weighted by Crippen LogP contribution is 2.35. The molecule has 0 saturated heterocycles. The summed E-state index contributed by atoms with van der Waals surface area (Å²) in [7, 11) is 3.25. The Bertz CT molecular complexity index is 1440. The molecule has 0 aliphatic carbocycles. The first kappa shape index (κ1) is 18.2. The summed E-state index contributed by atoms with van der Waals surface area (Å²) in [5.74, 6) is 0.0963. The fourth-order valence-corrected chi connectivity index (χ4v) is 3.97. The first-order valence-electron chi connectivity index (χ1n) is 9.40. The molecule has 1 aliphatic rings. The summed E-state index contributed by atoms with van der Waals surface area (Å²) >= 11 is 0. The monoisotopic (exact) mass is 403 g/mol. The van der Waals surface area contributed by atoms with Crippen molar-refractivity contribution in [1.82, 2.24) is 19.1 Å². The molecule has 0 fully saturated rings. The molecule has 1 aliphatic heterocycles. The molecule has 0 bridgehead atoms. The van der Waals surface area contributed by atoms with Crippen molar-refractivity contribution in [3.05, 3.63) is 64.2 Å². The lowest BCUT2D eigenvalue weighted by Gasteiger charge is -2.12. The van der Waals surface area contributed by atoms with Gasteiger partial charge in [-0.2, -0.15) is 0 Å². The third kappa shape index (κ3) is 2.50. The number of allylic oxidation sites excluding steroid dienone is 1. The summed E-state index contributed by atoms with van der Waals surface area (Å²) in [6.45, 7) is 2.34. The second-order valence-electron chi connectivity index (χ2n) is 7.18. The van der Waals surface area contributed by atoms with E-state index in [-0.39, 0.29) is 11.4 Å². The van der Waals surface area contributed by atoms with Crippen LogP contribution in [0, 0.1) is 12.7 Å². The molecule has 1 aromatic carbocycles. The third-order valence-corrected chi connectivity index (χ3v) is 5.44. The average Bonchev–Trinajstić information content (AvgIpc) is 3.36. The first-order chi connectivity index (χ1) is 14.5. The van der Waals surface area contributed by atoms with Crippen molar-refractivity contribution in [3.8, 4) is 11.4 Å². The number of rotatable bonds is 3. The van der Waals surface area contributed by atoms with Crippen molar-refractivity contribution in [2.75, 3.05) is 13.7 Å². The van der Waals surface area contributed by atoms with Crippen molar-refractivity contribution < 1.29 is 9.13 Å². The van der Waals surface area contributed by atoms with Crippen LogP contribution in [0.4, 0.5) is 4.39 Å². The number of nitrogens with zero attached hydrogens (tertiary/aromatic N) is 5. The number of hydrogen-bond acceptors (Lipinski definition) is 5. The molecule has 150 valence electrons. The Morgan fingerprint density at radius 3 is 2.73 bits per heavy atom. The lowest BCUT2D eigenvalue weighted by atomic mass is 10.0. The molecule has 0 N–H and O–H groups in total. The number of benzene rings is 1. The number of ether oxygens (including phenoxy) is 1. The van der Waals surface area contributed by atoms with Crippen LogP contribution < -0.4 is 10.4 Å². The van der Waals surface area contributed by atoms with Gasteiger partial charge in [-0.3, -0.25) is 24.1 Å². The van der Waals surface area contributed by atoms with Crippen molar-refractivity contribution in [3.63, 3.8) is 0 Å². The van der Waals surface area contributed by atoms with E-state index in [1.807, 2.05) is 18.2 Å². The van der Waals surface area contributed by atoms with E-state index < -0.39 is 5.82 Å². The number of hydrogen-bond donors (Lipinski definition) is 0. The summed E-state index contributed by atoms with van der Waals surface area (Å²) in [5.41, 5.74) is 4.00. The topological polar surface area (TPSA) is 74.3 Å². The highest BCUT2D eigenvalue weighted by molar-refractivity contribution is 6.15. The highest BCUT2D eigenvalue weighted by atomic mass is 19.1. The minimum atomic E-state index is -0.561. The molecule has 4 aromatic rings. The van der Waals surface area contributed by atoms with E-state index in [1.165, 1.54) is 9.13 Å². The lowest BCUT2D eigenvalue weighted by molar-refractivity contribution is 0.414. The minimum Gasteiger partial charge on any atom is -0.496 e. The van der Waals surface area contributed by atoms with Crippen LogP contribution in [-0.4, -0.2) is 39.0 Å². The summed E-state index contributed by atoms with van der Waals surface area (Å²) in [6, 6.07) is 3.76. The Balaban J connectivity index is 1.97. The number of aromatic nitrogens is 4. The molecule has 30 heavy (non-hydrogen) atoms. The Labute approximate surface area is 170 Å². The third-order valence-electron chi connectivity index (χ3n) is 5.44. The molecule has 5 rings (SSSR count). The van der Waals surface area contributed by atoms with Gasteiger partial charge in [0, 0.05) is 42.0 Å². The standard InChI is InChI=1S/C22H18FN5O2/c1-12-8-25-10-16(23)20(12)28-21-15-6-14(13-4-5-24-9-13)19(30-3)7-17(15)26-11-18(21)27(2)22(28)29/h4,6-11H,5H2,1-3H3.